The van der Waals surface area contributed by atoms with Crippen molar-refractivity contribution in [1.29, 1.82) is 0 Å². The third-order valence-electron chi connectivity index (χ3n) is 3.84. The van der Waals surface area contributed by atoms with Crippen molar-refractivity contribution in [2.75, 3.05) is 0 Å². The monoisotopic (exact) mass is 305 g/mol. The Hall–Kier alpha value is -1.77. The second-order valence-corrected chi connectivity index (χ2v) is 5.68. The topological polar surface area (TPSA) is 0 Å². The summed E-state index contributed by atoms with van der Waals surface area (Å²) in [6, 6.07) is 13.7. The van der Waals surface area contributed by atoms with Gasteiger partial charge in [0.1, 0.15) is 0 Å². The minimum Gasteiger partial charge on any atom is -0.166 e. The second kappa shape index (κ2) is 6.55. The molecule has 0 N–H and O–H groups in total. The molecule has 3 heteroatoms. The van der Waals surface area contributed by atoms with Crippen LogP contribution in [0.2, 0.25) is 0 Å². The van der Waals surface area contributed by atoms with Crippen LogP contribution in [0.15, 0.2) is 48.5 Å². The molecule has 0 amide bonds. The van der Waals surface area contributed by atoms with Crippen LogP contribution in [0.3, 0.4) is 0 Å². The standard InChI is InChI=1S/C19H20F3/c1-4-18(15-7-5-14(6-8-15)13(2)3)16-9-11-17(12-10-16)19(20,21)22/h5-13H,4H2,1-3H3. The quantitative estimate of drug-likeness (QED) is 0.630. The van der Waals surface area contributed by atoms with Crippen LogP contribution in [0.5, 0.6) is 0 Å². The van der Waals surface area contributed by atoms with Crippen molar-refractivity contribution in [1.82, 2.24) is 0 Å². The summed E-state index contributed by atoms with van der Waals surface area (Å²) in [7, 11) is 0. The Morgan fingerprint density at radius 1 is 0.864 bits per heavy atom. The largest absolute Gasteiger partial charge is 0.416 e. The molecule has 0 aliphatic heterocycles. The van der Waals surface area contributed by atoms with Crippen molar-refractivity contribution in [2.45, 2.75) is 39.3 Å². The summed E-state index contributed by atoms with van der Waals surface area (Å²) >= 11 is 0. The van der Waals surface area contributed by atoms with Gasteiger partial charge in [0.25, 0.3) is 0 Å². The summed E-state index contributed by atoms with van der Waals surface area (Å²) in [6.07, 6.45) is -3.52. The van der Waals surface area contributed by atoms with Gasteiger partial charge in [0, 0.05) is 5.92 Å². The summed E-state index contributed by atoms with van der Waals surface area (Å²) in [4.78, 5) is 0. The van der Waals surface area contributed by atoms with Gasteiger partial charge in [-0.2, -0.15) is 13.2 Å². The van der Waals surface area contributed by atoms with Crippen LogP contribution in [-0.2, 0) is 6.18 Å². The zero-order chi connectivity index (χ0) is 16.3. The number of benzene rings is 2. The van der Waals surface area contributed by atoms with Gasteiger partial charge >= 0.3 is 6.18 Å². The van der Waals surface area contributed by atoms with Gasteiger partial charge in [-0.05, 0) is 41.2 Å². The predicted octanol–water partition coefficient (Wildman–Crippen LogP) is 6.21. The van der Waals surface area contributed by atoms with E-state index in [1.165, 1.54) is 5.56 Å². The maximum atomic E-state index is 12.6. The minimum atomic E-state index is -4.29. The molecule has 0 atom stereocenters. The van der Waals surface area contributed by atoms with E-state index in [4.69, 9.17) is 0 Å². The fourth-order valence-corrected chi connectivity index (χ4v) is 2.50. The summed E-state index contributed by atoms with van der Waals surface area (Å²) in [5.74, 6) is 1.52. The Balaban J connectivity index is 2.28. The van der Waals surface area contributed by atoms with E-state index in [1.807, 2.05) is 19.1 Å². The minimum absolute atomic E-state index is 0.463. The lowest BCUT2D eigenvalue weighted by atomic mass is 9.87. The maximum absolute atomic E-state index is 12.6. The van der Waals surface area contributed by atoms with Crippen LogP contribution < -0.4 is 0 Å². The maximum Gasteiger partial charge on any atom is 0.416 e. The van der Waals surface area contributed by atoms with E-state index in [-0.39, 0.29) is 0 Å². The van der Waals surface area contributed by atoms with E-state index in [9.17, 15) is 13.2 Å². The SMILES string of the molecule is CC[C](c1ccc(C(C)C)cc1)c1ccc(C(F)(F)F)cc1. The third kappa shape index (κ3) is 3.70. The van der Waals surface area contributed by atoms with Crippen molar-refractivity contribution >= 4 is 0 Å². The van der Waals surface area contributed by atoms with Crippen LogP contribution in [0, 0.1) is 5.92 Å². The van der Waals surface area contributed by atoms with E-state index in [0.29, 0.717) is 5.92 Å². The molecule has 2 rings (SSSR count). The Morgan fingerprint density at radius 3 is 1.68 bits per heavy atom. The molecule has 0 saturated carbocycles. The van der Waals surface area contributed by atoms with Crippen molar-refractivity contribution in [3.05, 3.63) is 76.7 Å². The van der Waals surface area contributed by atoms with Crippen molar-refractivity contribution in [3.63, 3.8) is 0 Å². The third-order valence-corrected chi connectivity index (χ3v) is 3.84. The van der Waals surface area contributed by atoms with Gasteiger partial charge in [-0.15, -0.1) is 0 Å². The highest BCUT2D eigenvalue weighted by Gasteiger charge is 2.30. The highest BCUT2D eigenvalue weighted by molar-refractivity contribution is 5.47. The molecule has 0 saturated heterocycles. The molecule has 0 aliphatic carbocycles. The average Bonchev–Trinajstić information content (AvgIpc) is 2.48. The molecule has 0 fully saturated rings. The first kappa shape index (κ1) is 16.6. The first-order valence-electron chi connectivity index (χ1n) is 7.46. The van der Waals surface area contributed by atoms with Crippen LogP contribution in [0.1, 0.15) is 55.4 Å². The Morgan fingerprint density at radius 2 is 1.32 bits per heavy atom. The van der Waals surface area contributed by atoms with Gasteiger partial charge in [0.15, 0.2) is 0 Å². The molecule has 1 radical (unpaired) electrons. The summed E-state index contributed by atoms with van der Waals surface area (Å²) in [5.41, 5.74) is 2.55. The lowest BCUT2D eigenvalue weighted by Gasteiger charge is -2.17. The Kier molecular flexibility index (Phi) is 4.94. The first-order valence-corrected chi connectivity index (χ1v) is 7.46. The van der Waals surface area contributed by atoms with Crippen LogP contribution in [0.25, 0.3) is 0 Å². The van der Waals surface area contributed by atoms with Gasteiger partial charge in [-0.25, -0.2) is 0 Å². The van der Waals surface area contributed by atoms with Crippen LogP contribution >= 0.6 is 0 Å². The second-order valence-electron chi connectivity index (χ2n) is 5.68. The molecule has 0 spiro atoms. The highest BCUT2D eigenvalue weighted by atomic mass is 19.4. The van der Waals surface area contributed by atoms with Gasteiger partial charge in [0.2, 0.25) is 0 Å². The Labute approximate surface area is 130 Å². The summed E-state index contributed by atoms with van der Waals surface area (Å²) < 4.78 is 37.9. The lowest BCUT2D eigenvalue weighted by molar-refractivity contribution is -0.137. The zero-order valence-electron chi connectivity index (χ0n) is 13.0. The van der Waals surface area contributed by atoms with Gasteiger partial charge < -0.3 is 0 Å². The molecule has 0 bridgehead atoms. The molecule has 2 aromatic rings. The Bertz CT molecular complexity index is 592. The summed E-state index contributed by atoms with van der Waals surface area (Å²) in [5, 5.41) is 0. The predicted molar refractivity (Wildman–Crippen MR) is 83.7 cm³/mol. The smallest absolute Gasteiger partial charge is 0.166 e. The summed E-state index contributed by atoms with van der Waals surface area (Å²) in [6.45, 7) is 6.29. The molecule has 0 heterocycles. The molecule has 0 aromatic heterocycles. The van der Waals surface area contributed by atoms with E-state index >= 15 is 0 Å². The average molecular weight is 305 g/mol. The van der Waals surface area contributed by atoms with E-state index in [1.54, 1.807) is 12.1 Å². The van der Waals surface area contributed by atoms with E-state index < -0.39 is 11.7 Å². The molecular formula is C19H20F3. The van der Waals surface area contributed by atoms with Crippen molar-refractivity contribution in [2.24, 2.45) is 0 Å². The molecule has 0 aliphatic rings. The molecular weight excluding hydrogens is 285 g/mol. The van der Waals surface area contributed by atoms with E-state index in [0.717, 1.165) is 35.6 Å². The van der Waals surface area contributed by atoms with E-state index in [2.05, 4.69) is 26.0 Å². The fourth-order valence-electron chi connectivity index (χ4n) is 2.50. The normalized spacial score (nSPS) is 12.2. The number of alkyl halides is 3. The highest BCUT2D eigenvalue weighted by Crippen LogP contribution is 2.32. The number of rotatable bonds is 4. The van der Waals surface area contributed by atoms with Gasteiger partial charge in [0.05, 0.1) is 5.56 Å². The van der Waals surface area contributed by atoms with Crippen LogP contribution in [0.4, 0.5) is 13.2 Å². The number of hydrogen-bond acceptors (Lipinski definition) is 0. The van der Waals surface area contributed by atoms with Crippen LogP contribution in [-0.4, -0.2) is 0 Å². The van der Waals surface area contributed by atoms with Gasteiger partial charge in [-0.1, -0.05) is 57.2 Å². The van der Waals surface area contributed by atoms with Crippen molar-refractivity contribution in [3.8, 4) is 0 Å². The molecule has 0 unspecified atom stereocenters. The molecule has 117 valence electrons. The number of halogens is 3. The zero-order valence-corrected chi connectivity index (χ0v) is 13.0. The van der Waals surface area contributed by atoms with Crippen molar-refractivity contribution < 1.29 is 13.2 Å². The van der Waals surface area contributed by atoms with Gasteiger partial charge in [-0.3, -0.25) is 0 Å². The molecule has 2 aromatic carbocycles. The first-order chi connectivity index (χ1) is 10.3. The molecule has 22 heavy (non-hydrogen) atoms. The lowest BCUT2D eigenvalue weighted by Crippen LogP contribution is -2.06. The molecule has 0 nitrogen and oxygen atoms in total. The fraction of sp³-hybridized carbons (Fsp3) is 0.316. The number of hydrogen-bond donors (Lipinski definition) is 0.